The minimum absolute atomic E-state index is 0.00965. The van der Waals surface area contributed by atoms with Crippen LogP contribution in [0.1, 0.15) is 98.6 Å². The molecule has 2 fully saturated rings. The number of pyridine rings is 1. The first-order valence-electron chi connectivity index (χ1n) is 18.5. The summed E-state index contributed by atoms with van der Waals surface area (Å²) in [4.78, 5) is 34.4. The summed E-state index contributed by atoms with van der Waals surface area (Å²) in [6.07, 6.45) is -6.78. The van der Waals surface area contributed by atoms with Crippen LogP contribution in [0.15, 0.2) is 66.4 Å². The third-order valence-electron chi connectivity index (χ3n) is 10.8. The summed E-state index contributed by atoms with van der Waals surface area (Å²) in [6, 6.07) is 8.39. The van der Waals surface area contributed by atoms with Crippen molar-refractivity contribution in [3.8, 4) is 11.5 Å². The number of thiophene rings is 1. The summed E-state index contributed by atoms with van der Waals surface area (Å²) in [5, 5.41) is 23.0. The van der Waals surface area contributed by atoms with Crippen molar-refractivity contribution in [2.75, 3.05) is 26.2 Å². The van der Waals surface area contributed by atoms with E-state index >= 15 is 0 Å². The highest BCUT2D eigenvalue weighted by molar-refractivity contribution is 7.10. The molecule has 1 aromatic carbocycles. The van der Waals surface area contributed by atoms with Crippen molar-refractivity contribution in [3.05, 3.63) is 88.1 Å². The molecule has 2 atom stereocenters. The number of halogens is 6. The first-order chi connectivity index (χ1) is 26.2. The molecule has 4 heterocycles. The Hall–Kier alpha value is -4.31. The van der Waals surface area contributed by atoms with Crippen LogP contribution in [0.2, 0.25) is 0 Å². The molecule has 0 unspecified atom stereocenters. The van der Waals surface area contributed by atoms with Crippen molar-refractivity contribution < 1.29 is 55.6 Å². The Kier molecular flexibility index (Phi) is 12.7. The quantitative estimate of drug-likeness (QED) is 0.101. The SMILES string of the molecule is C=C(O)C(C)(C)CCCOc1ccccc1C1(O)CCN(C(=O)[C@]2(Oc3csc(C(F)(F)F)c3)CCCN(C(=O)c3ncccc3C(F)(F)F)[C@@H]2CCC)CC1. The number of nitrogens with zero attached hydrogens (tertiary/aromatic N) is 3. The molecule has 2 saturated heterocycles. The van der Waals surface area contributed by atoms with E-state index in [1.54, 1.807) is 31.2 Å². The molecule has 16 heteroatoms. The number of carbonyl (C=O) groups excluding carboxylic acids is 2. The van der Waals surface area contributed by atoms with E-state index in [0.29, 0.717) is 48.5 Å². The molecule has 0 bridgehead atoms. The monoisotopic (exact) mass is 811 g/mol. The van der Waals surface area contributed by atoms with Gasteiger partial charge in [0.15, 0.2) is 0 Å². The first kappa shape index (κ1) is 42.8. The van der Waals surface area contributed by atoms with Gasteiger partial charge in [0, 0.05) is 54.7 Å². The Morgan fingerprint density at radius 2 is 1.71 bits per heavy atom. The number of allylic oxidation sites excluding steroid dienone is 1. The highest BCUT2D eigenvalue weighted by Gasteiger charge is 2.57. The molecule has 3 aromatic rings. The fraction of sp³-hybridized carbons (Fsp3) is 0.525. The zero-order chi connectivity index (χ0) is 41.1. The van der Waals surface area contributed by atoms with Crippen molar-refractivity contribution in [3.63, 3.8) is 0 Å². The maximum absolute atomic E-state index is 14.9. The van der Waals surface area contributed by atoms with Crippen molar-refractivity contribution in [2.45, 2.75) is 102 Å². The van der Waals surface area contributed by atoms with E-state index in [9.17, 15) is 46.1 Å². The standard InChI is InChI=1S/C40H47F6N3O6S/c1-5-11-31-38(55-27-24-32(56-25-27)40(44,45)46,16-9-20-49(31)34(51)33-29(39(41,42)43)13-8-19-47-33)35(52)48-21-17-37(53,18-22-48)28-12-6-7-14-30(28)54-23-10-15-36(3,4)26(2)50/h6-8,12-14,19,24-25,31,50,53H,2,5,9-11,15-18,20-23H2,1,3-4H3/t31-,38+/m1/s1. The molecule has 2 aromatic heterocycles. The highest BCUT2D eigenvalue weighted by atomic mass is 32.1. The minimum atomic E-state index is -4.91. The molecular weight excluding hydrogens is 765 g/mol. The van der Waals surface area contributed by atoms with Gasteiger partial charge in [-0.2, -0.15) is 26.3 Å². The number of benzene rings is 1. The number of alkyl halides is 6. The number of hydrogen-bond acceptors (Lipinski definition) is 8. The minimum Gasteiger partial charge on any atom is -0.512 e. The second kappa shape index (κ2) is 16.7. The normalized spacial score (nSPS) is 20.4. The predicted molar refractivity (Wildman–Crippen MR) is 197 cm³/mol. The van der Waals surface area contributed by atoms with Crippen LogP contribution in [0.3, 0.4) is 0 Å². The molecule has 0 radical (unpaired) electrons. The number of aliphatic hydroxyl groups excluding tert-OH is 1. The van der Waals surface area contributed by atoms with Gasteiger partial charge < -0.3 is 29.5 Å². The van der Waals surface area contributed by atoms with Gasteiger partial charge in [-0.05, 0) is 56.7 Å². The number of rotatable bonds is 13. The number of amides is 2. The molecule has 0 aliphatic carbocycles. The molecule has 5 rings (SSSR count). The number of aromatic nitrogens is 1. The maximum atomic E-state index is 14.9. The summed E-state index contributed by atoms with van der Waals surface area (Å²) in [5.74, 6) is -1.46. The topological polar surface area (TPSA) is 112 Å². The van der Waals surface area contributed by atoms with Gasteiger partial charge in [0.05, 0.1) is 29.6 Å². The number of para-hydroxylation sites is 1. The predicted octanol–water partition coefficient (Wildman–Crippen LogP) is 9.17. The van der Waals surface area contributed by atoms with Crippen LogP contribution < -0.4 is 9.47 Å². The van der Waals surface area contributed by atoms with E-state index in [2.05, 4.69) is 11.6 Å². The van der Waals surface area contributed by atoms with E-state index in [4.69, 9.17) is 9.47 Å². The van der Waals surface area contributed by atoms with Crippen LogP contribution in [0, 0.1) is 5.41 Å². The number of carbonyl (C=O) groups is 2. The van der Waals surface area contributed by atoms with Crippen molar-refractivity contribution in [2.24, 2.45) is 5.41 Å². The average molecular weight is 812 g/mol. The third kappa shape index (κ3) is 9.11. The van der Waals surface area contributed by atoms with E-state index in [1.165, 1.54) is 4.90 Å². The molecule has 2 N–H and O–H groups in total. The van der Waals surface area contributed by atoms with Gasteiger partial charge in [-0.1, -0.05) is 52.0 Å². The zero-order valence-corrected chi connectivity index (χ0v) is 32.3. The maximum Gasteiger partial charge on any atom is 0.425 e. The van der Waals surface area contributed by atoms with Gasteiger partial charge >= 0.3 is 12.4 Å². The lowest BCUT2D eigenvalue weighted by Gasteiger charge is -2.51. The Morgan fingerprint density at radius 3 is 2.34 bits per heavy atom. The molecule has 0 spiro atoms. The van der Waals surface area contributed by atoms with Crippen LogP contribution in [-0.4, -0.2) is 74.7 Å². The fourth-order valence-corrected chi connectivity index (χ4v) is 8.19. The second-order valence-corrected chi connectivity index (χ2v) is 16.0. The van der Waals surface area contributed by atoms with Crippen LogP contribution in [-0.2, 0) is 22.7 Å². The van der Waals surface area contributed by atoms with Gasteiger partial charge in [0.1, 0.15) is 22.1 Å². The number of likely N-dealkylation sites (tertiary alicyclic amines) is 2. The average Bonchev–Trinajstić information content (AvgIpc) is 3.63. The molecule has 9 nitrogen and oxygen atoms in total. The van der Waals surface area contributed by atoms with Gasteiger partial charge in [-0.3, -0.25) is 14.6 Å². The van der Waals surface area contributed by atoms with Crippen molar-refractivity contribution >= 4 is 23.2 Å². The number of piperidine rings is 2. The molecule has 0 saturated carbocycles. The van der Waals surface area contributed by atoms with Gasteiger partial charge in [-0.15, -0.1) is 11.3 Å². The molecule has 56 heavy (non-hydrogen) atoms. The number of ether oxygens (including phenoxy) is 2. The van der Waals surface area contributed by atoms with Gasteiger partial charge in [-0.25, -0.2) is 0 Å². The van der Waals surface area contributed by atoms with Gasteiger partial charge in [0.2, 0.25) is 5.60 Å². The van der Waals surface area contributed by atoms with E-state index < -0.39 is 63.0 Å². The molecule has 2 aliphatic rings. The number of aliphatic hydroxyl groups is 2. The van der Waals surface area contributed by atoms with Crippen LogP contribution >= 0.6 is 11.3 Å². The Labute approximate surface area is 325 Å². The Morgan fingerprint density at radius 1 is 1.02 bits per heavy atom. The third-order valence-corrected chi connectivity index (χ3v) is 11.7. The van der Waals surface area contributed by atoms with Crippen LogP contribution in [0.4, 0.5) is 26.3 Å². The van der Waals surface area contributed by atoms with Crippen LogP contribution in [0.25, 0.3) is 0 Å². The first-order valence-corrected chi connectivity index (χ1v) is 19.4. The van der Waals surface area contributed by atoms with Gasteiger partial charge in [0.25, 0.3) is 11.8 Å². The highest BCUT2D eigenvalue weighted by Crippen LogP contribution is 2.44. The van der Waals surface area contributed by atoms with E-state index in [0.717, 1.165) is 34.7 Å². The lowest BCUT2D eigenvalue weighted by Crippen LogP contribution is -2.68. The van der Waals surface area contributed by atoms with E-state index in [-0.39, 0.29) is 63.2 Å². The lowest BCUT2D eigenvalue weighted by molar-refractivity contribution is -0.163. The smallest absolute Gasteiger partial charge is 0.425 e. The largest absolute Gasteiger partial charge is 0.512 e. The summed E-state index contributed by atoms with van der Waals surface area (Å²) in [6.45, 7) is 9.35. The van der Waals surface area contributed by atoms with E-state index in [1.807, 2.05) is 13.8 Å². The Bertz CT molecular complexity index is 1870. The van der Waals surface area contributed by atoms with Crippen LogP contribution in [0.5, 0.6) is 11.5 Å². The molecular formula is C40H47F6N3O6S. The molecule has 2 aliphatic heterocycles. The molecule has 2 amide bonds. The van der Waals surface area contributed by atoms with Crippen molar-refractivity contribution in [1.82, 2.24) is 14.8 Å². The fourth-order valence-electron chi connectivity index (χ4n) is 7.51. The Balaban J connectivity index is 1.44. The summed E-state index contributed by atoms with van der Waals surface area (Å²) >= 11 is 0.372. The zero-order valence-electron chi connectivity index (χ0n) is 31.5. The number of hydrogen-bond donors (Lipinski definition) is 2. The summed E-state index contributed by atoms with van der Waals surface area (Å²) < 4.78 is 95.7. The van der Waals surface area contributed by atoms with Crippen molar-refractivity contribution in [1.29, 1.82) is 0 Å². The molecule has 306 valence electrons. The summed E-state index contributed by atoms with van der Waals surface area (Å²) in [5.41, 5.74) is -5.52. The lowest BCUT2D eigenvalue weighted by atomic mass is 9.78. The summed E-state index contributed by atoms with van der Waals surface area (Å²) in [7, 11) is 0. The second-order valence-electron chi connectivity index (χ2n) is 15.0.